The van der Waals surface area contributed by atoms with Crippen LogP contribution in [-0.4, -0.2) is 29.5 Å². The Morgan fingerprint density at radius 2 is 2.18 bits per heavy atom. The SMILES string of the molecule is O=C(OCc1ccccc1)N1CCC[C@@H]1CCl. The van der Waals surface area contributed by atoms with Crippen LogP contribution < -0.4 is 0 Å². The van der Waals surface area contributed by atoms with E-state index in [9.17, 15) is 4.79 Å². The molecule has 1 amide bonds. The Kier molecular flexibility index (Phi) is 4.26. The summed E-state index contributed by atoms with van der Waals surface area (Å²) in [5.74, 6) is 0.487. The van der Waals surface area contributed by atoms with E-state index < -0.39 is 0 Å². The van der Waals surface area contributed by atoms with Crippen molar-refractivity contribution in [3.63, 3.8) is 0 Å². The van der Waals surface area contributed by atoms with Crippen LogP contribution in [-0.2, 0) is 11.3 Å². The fourth-order valence-corrected chi connectivity index (χ4v) is 2.36. The third kappa shape index (κ3) is 3.13. The van der Waals surface area contributed by atoms with Gasteiger partial charge in [0.05, 0.1) is 0 Å². The van der Waals surface area contributed by atoms with Crippen LogP contribution in [0, 0.1) is 0 Å². The lowest BCUT2D eigenvalue weighted by molar-refractivity contribution is 0.0948. The van der Waals surface area contributed by atoms with Gasteiger partial charge < -0.3 is 9.64 Å². The van der Waals surface area contributed by atoms with Gasteiger partial charge >= 0.3 is 6.09 Å². The zero-order valence-corrected chi connectivity index (χ0v) is 10.4. The van der Waals surface area contributed by atoms with E-state index in [0.717, 1.165) is 24.9 Å². The van der Waals surface area contributed by atoms with Crippen molar-refractivity contribution in [1.82, 2.24) is 4.90 Å². The number of hydrogen-bond acceptors (Lipinski definition) is 2. The van der Waals surface area contributed by atoms with Crippen molar-refractivity contribution in [2.75, 3.05) is 12.4 Å². The summed E-state index contributed by atoms with van der Waals surface area (Å²) in [7, 11) is 0. The molecular formula is C13H16ClNO2. The van der Waals surface area contributed by atoms with Crippen LogP contribution in [0.25, 0.3) is 0 Å². The third-order valence-corrected chi connectivity index (χ3v) is 3.35. The standard InChI is InChI=1S/C13H16ClNO2/c14-9-12-7-4-8-15(12)13(16)17-10-11-5-2-1-3-6-11/h1-3,5-6,12H,4,7-10H2/t12-/m1/s1. The molecule has 0 saturated carbocycles. The van der Waals surface area contributed by atoms with Crippen LogP contribution in [0.15, 0.2) is 30.3 Å². The van der Waals surface area contributed by atoms with Crippen molar-refractivity contribution >= 4 is 17.7 Å². The molecule has 0 spiro atoms. The van der Waals surface area contributed by atoms with Gasteiger partial charge in [0.2, 0.25) is 0 Å². The molecule has 1 aliphatic heterocycles. The molecule has 3 nitrogen and oxygen atoms in total. The van der Waals surface area contributed by atoms with Crippen LogP contribution >= 0.6 is 11.6 Å². The maximum Gasteiger partial charge on any atom is 0.410 e. The molecule has 1 aromatic carbocycles. The van der Waals surface area contributed by atoms with Gasteiger partial charge in [-0.2, -0.15) is 0 Å². The molecule has 2 rings (SSSR count). The quantitative estimate of drug-likeness (QED) is 0.775. The van der Waals surface area contributed by atoms with Gasteiger partial charge in [0.15, 0.2) is 0 Å². The molecule has 0 unspecified atom stereocenters. The number of ether oxygens (including phenoxy) is 1. The van der Waals surface area contributed by atoms with Crippen LogP contribution in [0.4, 0.5) is 4.79 Å². The van der Waals surface area contributed by atoms with Crippen LogP contribution in [0.5, 0.6) is 0 Å². The van der Waals surface area contributed by atoms with E-state index in [1.54, 1.807) is 4.90 Å². The van der Waals surface area contributed by atoms with Crippen LogP contribution in [0.2, 0.25) is 0 Å². The lowest BCUT2D eigenvalue weighted by Crippen LogP contribution is -2.36. The summed E-state index contributed by atoms with van der Waals surface area (Å²) in [5, 5.41) is 0. The molecule has 92 valence electrons. The summed E-state index contributed by atoms with van der Waals surface area (Å²) in [5.41, 5.74) is 1.00. The average molecular weight is 254 g/mol. The normalized spacial score (nSPS) is 19.4. The van der Waals surface area contributed by atoms with E-state index in [1.165, 1.54) is 0 Å². The van der Waals surface area contributed by atoms with E-state index in [0.29, 0.717) is 12.5 Å². The molecule has 0 N–H and O–H groups in total. The molecule has 1 heterocycles. The van der Waals surface area contributed by atoms with Gasteiger partial charge in [-0.3, -0.25) is 0 Å². The predicted octanol–water partition coefficient (Wildman–Crippen LogP) is 3.03. The molecule has 1 aromatic rings. The molecule has 0 bridgehead atoms. The van der Waals surface area contributed by atoms with Crippen molar-refractivity contribution < 1.29 is 9.53 Å². The largest absolute Gasteiger partial charge is 0.445 e. The molecule has 0 aliphatic carbocycles. The van der Waals surface area contributed by atoms with E-state index in [2.05, 4.69) is 0 Å². The molecule has 1 aliphatic rings. The van der Waals surface area contributed by atoms with Crippen molar-refractivity contribution in [2.24, 2.45) is 0 Å². The Balaban J connectivity index is 1.85. The smallest absolute Gasteiger partial charge is 0.410 e. The highest BCUT2D eigenvalue weighted by atomic mass is 35.5. The second-order valence-electron chi connectivity index (χ2n) is 4.18. The zero-order valence-electron chi connectivity index (χ0n) is 9.64. The number of alkyl halides is 1. The van der Waals surface area contributed by atoms with E-state index in [-0.39, 0.29) is 12.1 Å². The second kappa shape index (κ2) is 5.92. The molecule has 17 heavy (non-hydrogen) atoms. The molecule has 1 fully saturated rings. The van der Waals surface area contributed by atoms with Gasteiger partial charge in [-0.1, -0.05) is 30.3 Å². The maximum absolute atomic E-state index is 11.8. The number of halogens is 1. The number of rotatable bonds is 3. The van der Waals surface area contributed by atoms with Crippen molar-refractivity contribution in [3.8, 4) is 0 Å². The fourth-order valence-electron chi connectivity index (χ4n) is 2.04. The molecule has 0 aromatic heterocycles. The summed E-state index contributed by atoms with van der Waals surface area (Å²) in [6, 6.07) is 9.82. The summed E-state index contributed by atoms with van der Waals surface area (Å²) in [4.78, 5) is 13.6. The summed E-state index contributed by atoms with van der Waals surface area (Å²) >= 11 is 5.81. The Labute approximate surface area is 106 Å². The lowest BCUT2D eigenvalue weighted by atomic mass is 10.2. The average Bonchev–Trinajstić information content (AvgIpc) is 2.85. The Hall–Kier alpha value is -1.22. The van der Waals surface area contributed by atoms with Crippen molar-refractivity contribution in [1.29, 1.82) is 0 Å². The third-order valence-electron chi connectivity index (χ3n) is 2.99. The monoisotopic (exact) mass is 253 g/mol. The number of carbonyl (C=O) groups is 1. The first kappa shape index (κ1) is 12.2. The molecule has 4 heteroatoms. The Morgan fingerprint density at radius 3 is 2.88 bits per heavy atom. The van der Waals surface area contributed by atoms with Crippen LogP contribution in [0.3, 0.4) is 0 Å². The minimum Gasteiger partial charge on any atom is -0.445 e. The minimum atomic E-state index is -0.253. The second-order valence-corrected chi connectivity index (χ2v) is 4.49. The van der Waals surface area contributed by atoms with Crippen molar-refractivity contribution in [3.05, 3.63) is 35.9 Å². The molecule has 0 radical (unpaired) electrons. The predicted molar refractivity (Wildman–Crippen MR) is 67.1 cm³/mol. The van der Waals surface area contributed by atoms with E-state index >= 15 is 0 Å². The highest BCUT2D eigenvalue weighted by Gasteiger charge is 2.28. The van der Waals surface area contributed by atoms with Gasteiger partial charge in [-0.15, -0.1) is 11.6 Å². The number of hydrogen-bond donors (Lipinski definition) is 0. The first-order valence-electron chi connectivity index (χ1n) is 5.84. The minimum absolute atomic E-state index is 0.139. The summed E-state index contributed by atoms with van der Waals surface area (Å²) in [6.45, 7) is 1.08. The number of nitrogens with zero attached hydrogens (tertiary/aromatic N) is 1. The summed E-state index contributed by atoms with van der Waals surface area (Å²) < 4.78 is 5.27. The number of benzene rings is 1. The number of likely N-dealkylation sites (tertiary alicyclic amines) is 1. The molecular weight excluding hydrogens is 238 g/mol. The van der Waals surface area contributed by atoms with Crippen molar-refractivity contribution in [2.45, 2.75) is 25.5 Å². The molecule has 1 saturated heterocycles. The van der Waals surface area contributed by atoms with Gasteiger partial charge in [0.1, 0.15) is 6.61 Å². The Morgan fingerprint density at radius 1 is 1.41 bits per heavy atom. The Bertz CT molecular complexity index is 369. The highest BCUT2D eigenvalue weighted by molar-refractivity contribution is 6.18. The first-order valence-corrected chi connectivity index (χ1v) is 6.38. The topological polar surface area (TPSA) is 29.5 Å². The highest BCUT2D eigenvalue weighted by Crippen LogP contribution is 2.19. The van der Waals surface area contributed by atoms with E-state index in [1.807, 2.05) is 30.3 Å². The first-order chi connectivity index (χ1) is 8.31. The van der Waals surface area contributed by atoms with Gasteiger partial charge in [0, 0.05) is 18.5 Å². The zero-order chi connectivity index (χ0) is 12.1. The lowest BCUT2D eigenvalue weighted by Gasteiger charge is -2.22. The van der Waals surface area contributed by atoms with Gasteiger partial charge in [-0.25, -0.2) is 4.79 Å². The summed E-state index contributed by atoms with van der Waals surface area (Å²) in [6.07, 6.45) is 1.74. The van der Waals surface area contributed by atoms with Crippen LogP contribution in [0.1, 0.15) is 18.4 Å². The van der Waals surface area contributed by atoms with E-state index in [4.69, 9.17) is 16.3 Å². The maximum atomic E-state index is 11.8. The molecule has 1 atom stereocenters. The number of carbonyl (C=O) groups excluding carboxylic acids is 1. The van der Waals surface area contributed by atoms with Gasteiger partial charge in [0.25, 0.3) is 0 Å². The number of amides is 1. The fraction of sp³-hybridized carbons (Fsp3) is 0.462. The van der Waals surface area contributed by atoms with Gasteiger partial charge in [-0.05, 0) is 18.4 Å².